The van der Waals surface area contributed by atoms with Crippen LogP contribution in [0.1, 0.15) is 58.8 Å². The van der Waals surface area contributed by atoms with Crippen LogP contribution in [0.4, 0.5) is 0 Å². The molecule has 2 aliphatic heterocycles. The summed E-state index contributed by atoms with van der Waals surface area (Å²) < 4.78 is 12.3. The van der Waals surface area contributed by atoms with Gasteiger partial charge in [-0.05, 0) is 68.4 Å². The molecule has 3 nitrogen and oxygen atoms in total. The monoisotopic (exact) mass is 307 g/mol. The molecule has 4 rings (SSSR count). The first-order chi connectivity index (χ1) is 10.6. The molecule has 22 heavy (non-hydrogen) atoms. The highest BCUT2D eigenvalue weighted by atomic mass is 16.7. The number of likely N-dealkylation sites (tertiary alicyclic amines) is 1. The predicted octanol–water partition coefficient (Wildman–Crippen LogP) is 3.68. The highest BCUT2D eigenvalue weighted by Gasteiger charge is 2.53. The van der Waals surface area contributed by atoms with Gasteiger partial charge in [0.15, 0.2) is 6.29 Å². The zero-order chi connectivity index (χ0) is 15.2. The van der Waals surface area contributed by atoms with Crippen LogP contribution in [0.25, 0.3) is 0 Å². The van der Waals surface area contributed by atoms with Crippen LogP contribution in [-0.4, -0.2) is 43.5 Å². The molecule has 2 saturated heterocycles. The Kier molecular flexibility index (Phi) is 4.25. The summed E-state index contributed by atoms with van der Waals surface area (Å²) in [7, 11) is 0. The van der Waals surface area contributed by atoms with Gasteiger partial charge in [-0.1, -0.05) is 20.3 Å². The average Bonchev–Trinajstić information content (AvgIpc) is 3.19. The molecule has 126 valence electrons. The fourth-order valence-electron chi connectivity index (χ4n) is 5.83. The Morgan fingerprint density at radius 3 is 2.64 bits per heavy atom. The van der Waals surface area contributed by atoms with Crippen LogP contribution in [0, 0.1) is 23.2 Å². The topological polar surface area (TPSA) is 21.7 Å². The second-order valence-electron chi connectivity index (χ2n) is 8.82. The normalized spacial score (nSPS) is 44.7. The molecule has 3 heteroatoms. The second kappa shape index (κ2) is 6.07. The maximum absolute atomic E-state index is 6.26. The van der Waals surface area contributed by atoms with E-state index in [1.54, 1.807) is 0 Å². The van der Waals surface area contributed by atoms with E-state index >= 15 is 0 Å². The Morgan fingerprint density at radius 1 is 1.09 bits per heavy atom. The first-order valence-electron chi connectivity index (χ1n) is 9.62. The van der Waals surface area contributed by atoms with Crippen molar-refractivity contribution in [3.05, 3.63) is 0 Å². The lowest BCUT2D eigenvalue weighted by molar-refractivity contribution is -0.0909. The maximum Gasteiger partial charge on any atom is 0.158 e. The molecule has 2 saturated carbocycles. The van der Waals surface area contributed by atoms with Gasteiger partial charge in [-0.25, -0.2) is 0 Å². The van der Waals surface area contributed by atoms with Crippen LogP contribution < -0.4 is 0 Å². The lowest BCUT2D eigenvalue weighted by Gasteiger charge is -2.39. The van der Waals surface area contributed by atoms with Crippen molar-refractivity contribution < 1.29 is 9.47 Å². The summed E-state index contributed by atoms with van der Waals surface area (Å²) in [4.78, 5) is 2.57. The van der Waals surface area contributed by atoms with Gasteiger partial charge in [-0.15, -0.1) is 0 Å². The van der Waals surface area contributed by atoms with Crippen LogP contribution >= 0.6 is 0 Å². The molecule has 5 atom stereocenters. The van der Waals surface area contributed by atoms with Crippen LogP contribution in [0.5, 0.6) is 0 Å². The van der Waals surface area contributed by atoms with Gasteiger partial charge in [-0.2, -0.15) is 0 Å². The molecule has 0 radical (unpaired) electrons. The van der Waals surface area contributed by atoms with Crippen LogP contribution in [0.15, 0.2) is 0 Å². The molecular weight excluding hydrogens is 274 g/mol. The van der Waals surface area contributed by atoms with Crippen molar-refractivity contribution in [1.29, 1.82) is 0 Å². The van der Waals surface area contributed by atoms with Crippen molar-refractivity contribution in [3.63, 3.8) is 0 Å². The van der Waals surface area contributed by atoms with E-state index in [0.717, 1.165) is 37.3 Å². The van der Waals surface area contributed by atoms with Gasteiger partial charge >= 0.3 is 0 Å². The quantitative estimate of drug-likeness (QED) is 0.791. The third kappa shape index (κ3) is 2.85. The molecule has 2 aliphatic carbocycles. The molecule has 0 unspecified atom stereocenters. The average molecular weight is 307 g/mol. The fraction of sp³-hybridized carbons (Fsp3) is 1.00. The van der Waals surface area contributed by atoms with Gasteiger partial charge in [0, 0.05) is 13.0 Å². The van der Waals surface area contributed by atoms with Gasteiger partial charge in [0.2, 0.25) is 0 Å². The summed E-state index contributed by atoms with van der Waals surface area (Å²) in [5.41, 5.74) is 0.501. The molecule has 0 spiro atoms. The standard InChI is InChI=1S/C19H33NO2/c1-19(2)15-7-6-14(10-15)17(19)11-18-21-13-16(22-18)12-20-8-4-3-5-9-20/h14-18H,3-13H2,1-2H3/t14-,15+,16-,17+,18-/m0/s1. The highest BCUT2D eigenvalue weighted by molar-refractivity contribution is 5.02. The van der Waals surface area contributed by atoms with Crippen LogP contribution in [0.2, 0.25) is 0 Å². The molecule has 2 heterocycles. The van der Waals surface area contributed by atoms with E-state index < -0.39 is 0 Å². The Morgan fingerprint density at radius 2 is 1.91 bits per heavy atom. The molecule has 4 aliphatic rings. The van der Waals surface area contributed by atoms with Gasteiger partial charge in [0.25, 0.3) is 0 Å². The maximum atomic E-state index is 6.26. The zero-order valence-corrected chi connectivity index (χ0v) is 14.4. The molecule has 0 N–H and O–H groups in total. The predicted molar refractivity (Wildman–Crippen MR) is 87.6 cm³/mol. The van der Waals surface area contributed by atoms with Gasteiger partial charge in [0.05, 0.1) is 12.7 Å². The van der Waals surface area contributed by atoms with Crippen molar-refractivity contribution >= 4 is 0 Å². The van der Waals surface area contributed by atoms with Crippen molar-refractivity contribution in [3.8, 4) is 0 Å². The van der Waals surface area contributed by atoms with Gasteiger partial charge < -0.3 is 14.4 Å². The summed E-state index contributed by atoms with van der Waals surface area (Å²) in [5.74, 6) is 2.70. The van der Waals surface area contributed by atoms with Crippen molar-refractivity contribution in [1.82, 2.24) is 4.90 Å². The first kappa shape index (κ1) is 15.4. The number of nitrogens with zero attached hydrogens (tertiary/aromatic N) is 1. The Bertz CT molecular complexity index is 391. The second-order valence-corrected chi connectivity index (χ2v) is 8.82. The number of fused-ring (bicyclic) bond motifs is 2. The Hall–Kier alpha value is -0.120. The SMILES string of the molecule is CC1(C)[C@@H]2CC[C@@H](C2)[C@H]1C[C@H]1OC[C@H](CN2CCCCC2)O1. The van der Waals surface area contributed by atoms with Crippen molar-refractivity contribution in [2.45, 2.75) is 71.2 Å². The van der Waals surface area contributed by atoms with E-state index in [4.69, 9.17) is 9.47 Å². The van der Waals surface area contributed by atoms with E-state index in [2.05, 4.69) is 18.7 Å². The lowest BCUT2D eigenvalue weighted by Crippen LogP contribution is -2.38. The van der Waals surface area contributed by atoms with E-state index in [9.17, 15) is 0 Å². The van der Waals surface area contributed by atoms with Crippen molar-refractivity contribution in [2.24, 2.45) is 23.2 Å². The molecule has 4 fully saturated rings. The van der Waals surface area contributed by atoms with E-state index in [1.807, 2.05) is 0 Å². The summed E-state index contributed by atoms with van der Waals surface area (Å²) >= 11 is 0. The third-order valence-corrected chi connectivity index (χ3v) is 7.22. The minimum atomic E-state index is 0.0680. The summed E-state index contributed by atoms with van der Waals surface area (Å²) in [5, 5.41) is 0. The molecule has 0 aromatic rings. The number of ether oxygens (including phenoxy) is 2. The molecule has 2 bridgehead atoms. The van der Waals surface area contributed by atoms with E-state index in [-0.39, 0.29) is 6.29 Å². The lowest BCUT2D eigenvalue weighted by atomic mass is 9.67. The number of hydrogen-bond acceptors (Lipinski definition) is 3. The number of rotatable bonds is 4. The summed E-state index contributed by atoms with van der Waals surface area (Å²) in [6.07, 6.45) is 9.99. The van der Waals surface area contributed by atoms with E-state index in [1.165, 1.54) is 51.6 Å². The molecule has 0 aromatic heterocycles. The third-order valence-electron chi connectivity index (χ3n) is 7.22. The minimum Gasteiger partial charge on any atom is -0.350 e. The van der Waals surface area contributed by atoms with Gasteiger partial charge in [-0.3, -0.25) is 0 Å². The fourth-order valence-corrected chi connectivity index (χ4v) is 5.83. The van der Waals surface area contributed by atoms with Gasteiger partial charge in [0.1, 0.15) is 0 Å². The molecule has 0 aromatic carbocycles. The Balaban J connectivity index is 1.28. The highest BCUT2D eigenvalue weighted by Crippen LogP contribution is 2.60. The molecule has 0 amide bonds. The first-order valence-corrected chi connectivity index (χ1v) is 9.62. The van der Waals surface area contributed by atoms with Crippen LogP contribution in [-0.2, 0) is 9.47 Å². The van der Waals surface area contributed by atoms with Crippen LogP contribution in [0.3, 0.4) is 0 Å². The smallest absolute Gasteiger partial charge is 0.158 e. The minimum absolute atomic E-state index is 0.0680. The number of piperidine rings is 1. The largest absolute Gasteiger partial charge is 0.350 e. The number of hydrogen-bond donors (Lipinski definition) is 0. The van der Waals surface area contributed by atoms with Crippen molar-refractivity contribution in [2.75, 3.05) is 26.2 Å². The summed E-state index contributed by atoms with van der Waals surface area (Å²) in [6.45, 7) is 9.37. The molecular formula is C19H33NO2. The summed E-state index contributed by atoms with van der Waals surface area (Å²) in [6, 6.07) is 0. The Labute approximate surface area is 135 Å². The van der Waals surface area contributed by atoms with E-state index in [0.29, 0.717) is 11.5 Å². The zero-order valence-electron chi connectivity index (χ0n) is 14.4.